The van der Waals surface area contributed by atoms with Crippen molar-refractivity contribution in [1.82, 2.24) is 0 Å². The highest BCUT2D eigenvalue weighted by atomic mass is 16.5. The van der Waals surface area contributed by atoms with Crippen molar-refractivity contribution in [3.8, 4) is 0 Å². The van der Waals surface area contributed by atoms with Gasteiger partial charge in [0.25, 0.3) is 0 Å². The van der Waals surface area contributed by atoms with Crippen molar-refractivity contribution in [2.24, 2.45) is 0 Å². The van der Waals surface area contributed by atoms with E-state index in [-0.39, 0.29) is 5.97 Å². The van der Waals surface area contributed by atoms with Gasteiger partial charge >= 0.3 is 5.97 Å². The zero-order valence-corrected chi connectivity index (χ0v) is 10.9. The smallest absolute Gasteiger partial charge is 0.338 e. The van der Waals surface area contributed by atoms with Crippen molar-refractivity contribution in [3.05, 3.63) is 29.8 Å². The van der Waals surface area contributed by atoms with Crippen LogP contribution in [0.15, 0.2) is 24.3 Å². The highest BCUT2D eigenvalue weighted by Crippen LogP contribution is 2.22. The summed E-state index contributed by atoms with van der Waals surface area (Å²) in [6.45, 7) is 2.24. The van der Waals surface area contributed by atoms with Crippen LogP contribution in [0.5, 0.6) is 0 Å². The molecule has 1 aromatic rings. The van der Waals surface area contributed by atoms with Crippen LogP contribution in [0.1, 0.15) is 49.4 Å². The second-order valence-corrected chi connectivity index (χ2v) is 4.78. The molecule has 2 rings (SSSR count). The molecule has 0 aliphatic heterocycles. The zero-order valence-electron chi connectivity index (χ0n) is 10.9. The third-order valence-corrected chi connectivity index (χ3v) is 3.35. The van der Waals surface area contributed by atoms with Crippen LogP contribution in [-0.2, 0) is 4.74 Å². The maximum absolute atomic E-state index is 11.6. The topological polar surface area (TPSA) is 38.3 Å². The molecule has 0 atom stereocenters. The largest absolute Gasteiger partial charge is 0.462 e. The molecule has 0 spiro atoms. The molecule has 0 aromatic heterocycles. The number of rotatable bonds is 4. The lowest BCUT2D eigenvalue weighted by Gasteiger charge is -2.24. The van der Waals surface area contributed by atoms with Gasteiger partial charge in [0.1, 0.15) is 0 Å². The normalized spacial score (nSPS) is 16.3. The van der Waals surface area contributed by atoms with Crippen molar-refractivity contribution in [2.75, 3.05) is 11.9 Å². The second-order valence-electron chi connectivity index (χ2n) is 4.78. The molecule has 0 bridgehead atoms. The van der Waals surface area contributed by atoms with E-state index in [0.29, 0.717) is 18.2 Å². The van der Waals surface area contributed by atoms with E-state index in [1.807, 2.05) is 25.1 Å². The monoisotopic (exact) mass is 247 g/mol. The maximum atomic E-state index is 11.6. The van der Waals surface area contributed by atoms with E-state index >= 15 is 0 Å². The molecule has 0 unspecified atom stereocenters. The van der Waals surface area contributed by atoms with Gasteiger partial charge < -0.3 is 10.1 Å². The first-order valence-corrected chi connectivity index (χ1v) is 6.83. The van der Waals surface area contributed by atoms with Crippen molar-refractivity contribution in [2.45, 2.75) is 45.1 Å². The van der Waals surface area contributed by atoms with E-state index in [2.05, 4.69) is 5.32 Å². The summed E-state index contributed by atoms with van der Waals surface area (Å²) in [5, 5.41) is 3.51. The third kappa shape index (κ3) is 3.49. The molecule has 1 fully saturated rings. The van der Waals surface area contributed by atoms with Gasteiger partial charge in [-0.3, -0.25) is 0 Å². The number of hydrogen-bond acceptors (Lipinski definition) is 3. The summed E-state index contributed by atoms with van der Waals surface area (Å²) >= 11 is 0. The first-order valence-electron chi connectivity index (χ1n) is 6.83. The van der Waals surface area contributed by atoms with Crippen LogP contribution in [0.3, 0.4) is 0 Å². The van der Waals surface area contributed by atoms with Gasteiger partial charge in [-0.1, -0.05) is 25.3 Å². The Morgan fingerprint density at radius 1 is 1.33 bits per heavy atom. The molecule has 0 heterocycles. The Bertz CT molecular complexity index is 397. The fourth-order valence-corrected chi connectivity index (χ4v) is 2.43. The quantitative estimate of drug-likeness (QED) is 0.826. The van der Waals surface area contributed by atoms with Crippen LogP contribution in [0.4, 0.5) is 5.69 Å². The molecular weight excluding hydrogens is 226 g/mol. The van der Waals surface area contributed by atoms with Gasteiger partial charge in [0, 0.05) is 11.7 Å². The van der Waals surface area contributed by atoms with Crippen molar-refractivity contribution >= 4 is 11.7 Å². The second kappa shape index (κ2) is 6.43. The van der Waals surface area contributed by atoms with Crippen LogP contribution in [0.2, 0.25) is 0 Å². The summed E-state index contributed by atoms with van der Waals surface area (Å²) < 4.78 is 5.01. The Balaban J connectivity index is 2.00. The summed E-state index contributed by atoms with van der Waals surface area (Å²) in [4.78, 5) is 11.6. The number of benzene rings is 1. The lowest BCUT2D eigenvalue weighted by molar-refractivity contribution is 0.0526. The zero-order chi connectivity index (χ0) is 12.8. The van der Waals surface area contributed by atoms with Gasteiger partial charge in [0.2, 0.25) is 0 Å². The lowest BCUT2D eigenvalue weighted by Crippen LogP contribution is -2.22. The minimum absolute atomic E-state index is 0.246. The van der Waals surface area contributed by atoms with Crippen molar-refractivity contribution in [1.29, 1.82) is 0 Å². The molecule has 1 aromatic carbocycles. The minimum atomic E-state index is -0.246. The first kappa shape index (κ1) is 12.9. The molecule has 0 radical (unpaired) electrons. The lowest BCUT2D eigenvalue weighted by atomic mass is 9.95. The van der Waals surface area contributed by atoms with Gasteiger partial charge in [0.15, 0.2) is 0 Å². The number of anilines is 1. The average Bonchev–Trinajstić information content (AvgIpc) is 2.40. The number of carbonyl (C=O) groups excluding carboxylic acids is 1. The van der Waals surface area contributed by atoms with Crippen LogP contribution < -0.4 is 5.32 Å². The fourth-order valence-electron chi connectivity index (χ4n) is 2.43. The van der Waals surface area contributed by atoms with Gasteiger partial charge in [-0.2, -0.15) is 0 Å². The average molecular weight is 247 g/mol. The molecular formula is C15H21NO2. The van der Waals surface area contributed by atoms with E-state index in [1.54, 1.807) is 6.07 Å². The number of esters is 1. The summed E-state index contributed by atoms with van der Waals surface area (Å²) in [6.07, 6.45) is 6.40. The Hall–Kier alpha value is -1.51. The van der Waals surface area contributed by atoms with Crippen molar-refractivity contribution in [3.63, 3.8) is 0 Å². The minimum Gasteiger partial charge on any atom is -0.462 e. The molecule has 1 aliphatic rings. The van der Waals surface area contributed by atoms with E-state index in [9.17, 15) is 4.79 Å². The molecule has 1 aliphatic carbocycles. The van der Waals surface area contributed by atoms with Gasteiger partial charge in [-0.25, -0.2) is 4.79 Å². The first-order chi connectivity index (χ1) is 8.79. The summed E-state index contributed by atoms with van der Waals surface area (Å²) in [5.41, 5.74) is 1.64. The van der Waals surface area contributed by atoms with Crippen LogP contribution in [-0.4, -0.2) is 18.6 Å². The molecule has 1 N–H and O–H groups in total. The number of carbonyl (C=O) groups is 1. The SMILES string of the molecule is CCOC(=O)c1cccc(NC2CCCCC2)c1. The number of ether oxygens (including phenoxy) is 1. The summed E-state index contributed by atoms with van der Waals surface area (Å²) in [5.74, 6) is -0.246. The Kier molecular flexibility index (Phi) is 4.62. The number of hydrogen-bond donors (Lipinski definition) is 1. The summed E-state index contributed by atoms with van der Waals surface area (Å²) in [7, 11) is 0. The molecule has 18 heavy (non-hydrogen) atoms. The highest BCUT2D eigenvalue weighted by molar-refractivity contribution is 5.90. The fraction of sp³-hybridized carbons (Fsp3) is 0.533. The molecule has 0 saturated heterocycles. The van der Waals surface area contributed by atoms with Crippen molar-refractivity contribution < 1.29 is 9.53 Å². The van der Waals surface area contributed by atoms with Gasteiger partial charge in [-0.05, 0) is 38.0 Å². The standard InChI is InChI=1S/C15H21NO2/c1-2-18-15(17)12-7-6-10-14(11-12)16-13-8-4-3-5-9-13/h6-7,10-11,13,16H,2-5,8-9H2,1H3. The van der Waals surface area contributed by atoms with E-state index < -0.39 is 0 Å². The Morgan fingerprint density at radius 2 is 2.11 bits per heavy atom. The van der Waals surface area contributed by atoms with Gasteiger partial charge in [0.05, 0.1) is 12.2 Å². The van der Waals surface area contributed by atoms with E-state index in [4.69, 9.17) is 4.74 Å². The molecule has 3 heteroatoms. The van der Waals surface area contributed by atoms with Crippen LogP contribution >= 0.6 is 0 Å². The molecule has 98 valence electrons. The van der Waals surface area contributed by atoms with Crippen LogP contribution in [0.25, 0.3) is 0 Å². The predicted octanol–water partition coefficient (Wildman–Crippen LogP) is 3.61. The molecule has 0 amide bonds. The molecule has 1 saturated carbocycles. The molecule has 3 nitrogen and oxygen atoms in total. The number of nitrogens with one attached hydrogen (secondary N) is 1. The predicted molar refractivity (Wildman–Crippen MR) is 72.9 cm³/mol. The third-order valence-electron chi connectivity index (χ3n) is 3.35. The van der Waals surface area contributed by atoms with E-state index in [0.717, 1.165) is 5.69 Å². The van der Waals surface area contributed by atoms with Gasteiger partial charge in [-0.15, -0.1) is 0 Å². The Labute approximate surface area is 109 Å². The Morgan fingerprint density at radius 3 is 2.83 bits per heavy atom. The summed E-state index contributed by atoms with van der Waals surface area (Å²) in [6, 6.07) is 8.14. The van der Waals surface area contributed by atoms with E-state index in [1.165, 1.54) is 32.1 Å². The maximum Gasteiger partial charge on any atom is 0.338 e. The van der Waals surface area contributed by atoms with Crippen LogP contribution in [0, 0.1) is 0 Å². The highest BCUT2D eigenvalue weighted by Gasteiger charge is 2.13.